The van der Waals surface area contributed by atoms with Crippen LogP contribution in [0.5, 0.6) is 0 Å². The zero-order chi connectivity index (χ0) is 17.5. The minimum atomic E-state index is -0.438. The standard InChI is InChI=1S/C18H15Cl2NO3/c1-2-24-18(23)12-5-3-6-13(11-12)21-17(22)10-9-14-15(19)7-4-8-16(14)20/h3-11H,2H2,1H3,(H,21,22)/b10-9+. The molecular formula is C18H15Cl2NO3. The predicted molar refractivity (Wildman–Crippen MR) is 96.5 cm³/mol. The van der Waals surface area contributed by atoms with E-state index in [-0.39, 0.29) is 12.5 Å². The number of carbonyl (C=O) groups is 2. The third kappa shape index (κ3) is 4.85. The highest BCUT2D eigenvalue weighted by Gasteiger charge is 2.08. The predicted octanol–water partition coefficient (Wildman–Crippen LogP) is 4.82. The second-order valence-corrected chi connectivity index (χ2v) is 5.57. The molecule has 2 aromatic rings. The topological polar surface area (TPSA) is 55.4 Å². The zero-order valence-corrected chi connectivity index (χ0v) is 14.4. The summed E-state index contributed by atoms with van der Waals surface area (Å²) in [4.78, 5) is 23.7. The molecule has 0 fully saturated rings. The normalized spacial score (nSPS) is 10.6. The van der Waals surface area contributed by atoms with E-state index in [0.29, 0.717) is 26.9 Å². The number of rotatable bonds is 5. The van der Waals surface area contributed by atoms with Gasteiger partial charge in [0.2, 0.25) is 5.91 Å². The molecule has 0 aliphatic rings. The summed E-state index contributed by atoms with van der Waals surface area (Å²) in [5.74, 6) is -0.806. The van der Waals surface area contributed by atoms with Crippen molar-refractivity contribution in [1.29, 1.82) is 0 Å². The lowest BCUT2D eigenvalue weighted by atomic mass is 10.2. The van der Waals surface area contributed by atoms with Crippen LogP contribution in [0.4, 0.5) is 5.69 Å². The van der Waals surface area contributed by atoms with Crippen LogP contribution in [0.25, 0.3) is 6.08 Å². The lowest BCUT2D eigenvalue weighted by Crippen LogP contribution is -2.09. The molecule has 0 saturated carbocycles. The first-order chi connectivity index (χ1) is 11.5. The van der Waals surface area contributed by atoms with Crippen LogP contribution >= 0.6 is 23.2 Å². The number of benzene rings is 2. The Labute approximate surface area is 150 Å². The fourth-order valence-corrected chi connectivity index (χ4v) is 2.47. The van der Waals surface area contributed by atoms with Crippen molar-refractivity contribution in [3.8, 4) is 0 Å². The van der Waals surface area contributed by atoms with Crippen LogP contribution in [0.1, 0.15) is 22.8 Å². The first-order valence-corrected chi connectivity index (χ1v) is 7.97. The number of nitrogens with one attached hydrogen (secondary N) is 1. The van der Waals surface area contributed by atoms with Crippen molar-refractivity contribution in [2.24, 2.45) is 0 Å². The van der Waals surface area contributed by atoms with Gasteiger partial charge in [-0.15, -0.1) is 0 Å². The van der Waals surface area contributed by atoms with E-state index in [1.807, 2.05) is 0 Å². The molecule has 0 aliphatic heterocycles. The van der Waals surface area contributed by atoms with Gasteiger partial charge in [-0.3, -0.25) is 4.79 Å². The van der Waals surface area contributed by atoms with Crippen LogP contribution < -0.4 is 5.32 Å². The summed E-state index contributed by atoms with van der Waals surface area (Å²) in [5, 5.41) is 3.58. The van der Waals surface area contributed by atoms with Gasteiger partial charge in [-0.25, -0.2) is 4.79 Å². The SMILES string of the molecule is CCOC(=O)c1cccc(NC(=O)/C=C/c2c(Cl)cccc2Cl)c1. The van der Waals surface area contributed by atoms with Crippen molar-refractivity contribution >= 4 is 46.8 Å². The van der Waals surface area contributed by atoms with Gasteiger partial charge < -0.3 is 10.1 Å². The molecule has 0 aromatic heterocycles. The molecule has 4 nitrogen and oxygen atoms in total. The molecule has 0 saturated heterocycles. The molecule has 0 spiro atoms. The second kappa shape index (κ2) is 8.52. The molecule has 124 valence electrons. The van der Waals surface area contributed by atoms with Crippen molar-refractivity contribution in [2.75, 3.05) is 11.9 Å². The maximum Gasteiger partial charge on any atom is 0.338 e. The van der Waals surface area contributed by atoms with Crippen molar-refractivity contribution in [2.45, 2.75) is 6.92 Å². The summed E-state index contributed by atoms with van der Waals surface area (Å²) in [6.45, 7) is 2.02. The first-order valence-electron chi connectivity index (χ1n) is 7.21. The molecule has 0 radical (unpaired) electrons. The molecule has 0 bridgehead atoms. The van der Waals surface area contributed by atoms with E-state index in [1.54, 1.807) is 49.4 Å². The number of ether oxygens (including phenoxy) is 1. The Morgan fingerprint density at radius 2 is 1.79 bits per heavy atom. The summed E-state index contributed by atoms with van der Waals surface area (Å²) >= 11 is 12.1. The molecule has 1 amide bonds. The molecule has 2 rings (SSSR count). The molecule has 0 heterocycles. The van der Waals surface area contributed by atoms with Gasteiger partial charge in [0.25, 0.3) is 0 Å². The number of esters is 1. The molecular weight excluding hydrogens is 349 g/mol. The van der Waals surface area contributed by atoms with E-state index in [0.717, 1.165) is 0 Å². The summed E-state index contributed by atoms with van der Waals surface area (Å²) < 4.78 is 4.92. The molecule has 0 aliphatic carbocycles. The average molecular weight is 364 g/mol. The van der Waals surface area contributed by atoms with Crippen LogP contribution in [-0.4, -0.2) is 18.5 Å². The maximum absolute atomic E-state index is 12.0. The Hall–Kier alpha value is -2.30. The summed E-state index contributed by atoms with van der Waals surface area (Å²) in [7, 11) is 0. The molecule has 0 atom stereocenters. The number of hydrogen-bond donors (Lipinski definition) is 1. The fourth-order valence-electron chi connectivity index (χ4n) is 1.95. The van der Waals surface area contributed by atoms with Crippen LogP contribution in [0.2, 0.25) is 10.0 Å². The van der Waals surface area contributed by atoms with Crippen LogP contribution in [-0.2, 0) is 9.53 Å². The van der Waals surface area contributed by atoms with E-state index in [2.05, 4.69) is 5.32 Å². The highest BCUT2D eigenvalue weighted by molar-refractivity contribution is 6.37. The third-order valence-electron chi connectivity index (χ3n) is 3.04. The molecule has 2 aromatic carbocycles. The number of hydrogen-bond acceptors (Lipinski definition) is 3. The average Bonchev–Trinajstić information content (AvgIpc) is 2.55. The van der Waals surface area contributed by atoms with Crippen molar-refractivity contribution in [3.05, 3.63) is 69.7 Å². The van der Waals surface area contributed by atoms with E-state index in [4.69, 9.17) is 27.9 Å². The van der Waals surface area contributed by atoms with Gasteiger partial charge in [0, 0.05) is 27.4 Å². The highest BCUT2D eigenvalue weighted by Crippen LogP contribution is 2.25. The Morgan fingerprint density at radius 1 is 1.12 bits per heavy atom. The van der Waals surface area contributed by atoms with Gasteiger partial charge in [0.15, 0.2) is 0 Å². The lowest BCUT2D eigenvalue weighted by Gasteiger charge is -2.06. The molecule has 6 heteroatoms. The smallest absolute Gasteiger partial charge is 0.338 e. The first kappa shape index (κ1) is 18.0. The van der Waals surface area contributed by atoms with Gasteiger partial charge in [0.05, 0.1) is 12.2 Å². The van der Waals surface area contributed by atoms with E-state index in [9.17, 15) is 9.59 Å². The van der Waals surface area contributed by atoms with E-state index >= 15 is 0 Å². The second-order valence-electron chi connectivity index (χ2n) is 4.76. The van der Waals surface area contributed by atoms with Gasteiger partial charge in [-0.1, -0.05) is 35.3 Å². The number of anilines is 1. The number of halogens is 2. The monoisotopic (exact) mass is 363 g/mol. The van der Waals surface area contributed by atoms with Crippen LogP contribution in [0.3, 0.4) is 0 Å². The number of amides is 1. The van der Waals surface area contributed by atoms with E-state index < -0.39 is 5.97 Å². The summed E-state index contributed by atoms with van der Waals surface area (Å²) in [6, 6.07) is 11.6. The van der Waals surface area contributed by atoms with Crippen molar-refractivity contribution < 1.29 is 14.3 Å². The molecule has 0 unspecified atom stereocenters. The summed E-state index contributed by atoms with van der Waals surface area (Å²) in [5.41, 5.74) is 1.42. The zero-order valence-electron chi connectivity index (χ0n) is 12.9. The van der Waals surface area contributed by atoms with Gasteiger partial charge in [0.1, 0.15) is 0 Å². The van der Waals surface area contributed by atoms with E-state index in [1.165, 1.54) is 12.2 Å². The molecule has 24 heavy (non-hydrogen) atoms. The van der Waals surface area contributed by atoms with Gasteiger partial charge in [-0.2, -0.15) is 0 Å². The van der Waals surface area contributed by atoms with Gasteiger partial charge in [-0.05, 0) is 43.3 Å². The highest BCUT2D eigenvalue weighted by atomic mass is 35.5. The van der Waals surface area contributed by atoms with Gasteiger partial charge >= 0.3 is 5.97 Å². The Bertz CT molecular complexity index is 767. The van der Waals surface area contributed by atoms with Crippen molar-refractivity contribution in [1.82, 2.24) is 0 Å². The Balaban J connectivity index is 2.09. The van der Waals surface area contributed by atoms with Crippen LogP contribution in [0, 0.1) is 0 Å². The Morgan fingerprint density at radius 3 is 2.46 bits per heavy atom. The van der Waals surface area contributed by atoms with Crippen molar-refractivity contribution in [3.63, 3.8) is 0 Å². The van der Waals surface area contributed by atoms with Crippen LogP contribution in [0.15, 0.2) is 48.5 Å². The third-order valence-corrected chi connectivity index (χ3v) is 3.70. The quantitative estimate of drug-likeness (QED) is 0.611. The molecule has 1 N–H and O–H groups in total. The summed E-state index contributed by atoms with van der Waals surface area (Å²) in [6.07, 6.45) is 2.86. The minimum Gasteiger partial charge on any atom is -0.462 e. The Kier molecular flexibility index (Phi) is 6.41. The fraction of sp³-hybridized carbons (Fsp3) is 0.111. The largest absolute Gasteiger partial charge is 0.462 e. The lowest BCUT2D eigenvalue weighted by molar-refractivity contribution is -0.111. The number of carbonyl (C=O) groups excluding carboxylic acids is 2. The minimum absolute atomic E-state index is 0.288. The maximum atomic E-state index is 12.0.